The van der Waals surface area contributed by atoms with E-state index in [2.05, 4.69) is 69.2 Å². The van der Waals surface area contributed by atoms with E-state index in [1.165, 1.54) is 55.6 Å². The standard InChI is InChI=1S/C22H30OP/c1-11-13(3)17(7)21(18(8)14(11)4)24(23)22-19(9)15(5)12(2)16(6)20(22)10/h1-10H3/q+1. The lowest BCUT2D eigenvalue weighted by Crippen LogP contribution is -2.22. The van der Waals surface area contributed by atoms with Crippen LogP contribution in [-0.4, -0.2) is 0 Å². The molecule has 0 bridgehead atoms. The fourth-order valence-corrected chi connectivity index (χ4v) is 5.79. The molecule has 0 radical (unpaired) electrons. The molecule has 0 spiro atoms. The summed E-state index contributed by atoms with van der Waals surface area (Å²) in [6.45, 7) is 21.4. The summed E-state index contributed by atoms with van der Waals surface area (Å²) < 4.78 is 13.7. The molecule has 2 aromatic rings. The van der Waals surface area contributed by atoms with Gasteiger partial charge in [0, 0.05) is 22.3 Å². The van der Waals surface area contributed by atoms with Crippen LogP contribution in [0.4, 0.5) is 0 Å². The lowest BCUT2D eigenvalue weighted by atomic mass is 9.95. The Hall–Kier alpha value is -1.46. The van der Waals surface area contributed by atoms with Crippen LogP contribution in [-0.2, 0) is 4.57 Å². The monoisotopic (exact) mass is 341 g/mol. The van der Waals surface area contributed by atoms with Crippen LogP contribution in [0.15, 0.2) is 0 Å². The number of benzene rings is 2. The van der Waals surface area contributed by atoms with E-state index in [9.17, 15) is 4.57 Å². The molecule has 0 aliphatic heterocycles. The lowest BCUT2D eigenvalue weighted by Gasteiger charge is -2.15. The van der Waals surface area contributed by atoms with Gasteiger partial charge in [-0.1, -0.05) is 4.57 Å². The molecule has 2 heteroatoms. The van der Waals surface area contributed by atoms with Crippen molar-refractivity contribution in [1.29, 1.82) is 0 Å². The Kier molecular flexibility index (Phi) is 5.07. The highest BCUT2D eigenvalue weighted by atomic mass is 31.1. The molecule has 0 aliphatic carbocycles. The van der Waals surface area contributed by atoms with Gasteiger partial charge >= 0.3 is 7.80 Å². The van der Waals surface area contributed by atoms with Gasteiger partial charge in [0.15, 0.2) is 0 Å². The Morgan fingerprint density at radius 3 is 0.750 bits per heavy atom. The zero-order valence-electron chi connectivity index (χ0n) is 16.9. The van der Waals surface area contributed by atoms with Crippen LogP contribution in [0.5, 0.6) is 0 Å². The summed E-state index contributed by atoms with van der Waals surface area (Å²) in [6.07, 6.45) is 0. The van der Waals surface area contributed by atoms with Gasteiger partial charge in [-0.2, -0.15) is 0 Å². The van der Waals surface area contributed by atoms with Gasteiger partial charge in [0.25, 0.3) is 0 Å². The molecule has 0 atom stereocenters. The van der Waals surface area contributed by atoms with Crippen LogP contribution in [0.2, 0.25) is 0 Å². The van der Waals surface area contributed by atoms with Gasteiger partial charge < -0.3 is 0 Å². The summed E-state index contributed by atoms with van der Waals surface area (Å²) in [5.41, 5.74) is 12.5. The smallest absolute Gasteiger partial charge is 0.0612 e. The van der Waals surface area contributed by atoms with Crippen molar-refractivity contribution in [3.05, 3.63) is 55.6 Å². The molecule has 0 N–H and O–H groups in total. The van der Waals surface area contributed by atoms with Gasteiger partial charge in [0.1, 0.15) is 0 Å². The minimum absolute atomic E-state index is 1.04. The summed E-state index contributed by atoms with van der Waals surface area (Å²) >= 11 is 0. The Balaban J connectivity index is 2.87. The van der Waals surface area contributed by atoms with Crippen LogP contribution in [0, 0.1) is 69.2 Å². The largest absolute Gasteiger partial charge is 0.416 e. The van der Waals surface area contributed by atoms with Crippen molar-refractivity contribution in [2.75, 3.05) is 0 Å². The number of rotatable bonds is 2. The van der Waals surface area contributed by atoms with E-state index in [0.29, 0.717) is 0 Å². The molecule has 0 aliphatic rings. The summed E-state index contributed by atoms with van der Waals surface area (Å²) in [5.74, 6) is 0. The molecule has 0 saturated heterocycles. The second-order valence-electron chi connectivity index (χ2n) is 7.24. The van der Waals surface area contributed by atoms with Gasteiger partial charge in [0.2, 0.25) is 10.6 Å². The molecule has 0 fully saturated rings. The van der Waals surface area contributed by atoms with Crippen molar-refractivity contribution in [2.24, 2.45) is 0 Å². The molecule has 2 aromatic carbocycles. The molecule has 0 saturated carbocycles. The van der Waals surface area contributed by atoms with Crippen LogP contribution in [0.25, 0.3) is 0 Å². The van der Waals surface area contributed by atoms with Crippen molar-refractivity contribution >= 4 is 18.4 Å². The molecule has 128 valence electrons. The van der Waals surface area contributed by atoms with E-state index >= 15 is 0 Å². The maximum Gasteiger partial charge on any atom is 0.416 e. The van der Waals surface area contributed by atoms with Gasteiger partial charge in [0.05, 0.1) is 0 Å². The molecule has 0 unspecified atom stereocenters. The summed E-state index contributed by atoms with van der Waals surface area (Å²) in [6, 6.07) is 0. The molecule has 0 aromatic heterocycles. The first-order valence-electron chi connectivity index (χ1n) is 8.63. The molecule has 1 nitrogen and oxygen atoms in total. The fraction of sp³-hybridized carbons (Fsp3) is 0.455. The van der Waals surface area contributed by atoms with Gasteiger partial charge in [-0.3, -0.25) is 0 Å². The molecule has 24 heavy (non-hydrogen) atoms. The van der Waals surface area contributed by atoms with Gasteiger partial charge in [-0.15, -0.1) is 0 Å². The normalized spacial score (nSPS) is 11.1. The average molecular weight is 341 g/mol. The highest BCUT2D eigenvalue weighted by Gasteiger charge is 2.35. The summed E-state index contributed by atoms with van der Waals surface area (Å²) in [4.78, 5) is 0. The van der Waals surface area contributed by atoms with Crippen molar-refractivity contribution in [3.8, 4) is 0 Å². The third kappa shape index (κ3) is 2.64. The highest BCUT2D eigenvalue weighted by molar-refractivity contribution is 7.62. The average Bonchev–Trinajstić information content (AvgIpc) is 2.55. The second kappa shape index (κ2) is 6.45. The van der Waals surface area contributed by atoms with Crippen molar-refractivity contribution in [1.82, 2.24) is 0 Å². The third-order valence-corrected chi connectivity index (χ3v) is 8.48. The van der Waals surface area contributed by atoms with Crippen molar-refractivity contribution in [2.45, 2.75) is 69.2 Å². The van der Waals surface area contributed by atoms with Crippen LogP contribution in [0.1, 0.15) is 55.6 Å². The maximum absolute atomic E-state index is 13.7. The van der Waals surface area contributed by atoms with Crippen molar-refractivity contribution in [3.63, 3.8) is 0 Å². The van der Waals surface area contributed by atoms with Crippen LogP contribution >= 0.6 is 7.80 Å². The first kappa shape index (κ1) is 18.9. The molecule has 0 amide bonds. The lowest BCUT2D eigenvalue weighted by molar-refractivity contribution is 0.597. The van der Waals surface area contributed by atoms with E-state index in [-0.39, 0.29) is 0 Å². The Morgan fingerprint density at radius 1 is 0.375 bits per heavy atom. The summed E-state index contributed by atoms with van der Waals surface area (Å²) in [7, 11) is -1.59. The van der Waals surface area contributed by atoms with E-state index in [1.807, 2.05) is 0 Å². The Morgan fingerprint density at radius 2 is 0.542 bits per heavy atom. The van der Waals surface area contributed by atoms with E-state index in [1.54, 1.807) is 0 Å². The molecular formula is C22H30OP+. The second-order valence-corrected chi connectivity index (χ2v) is 8.72. The minimum atomic E-state index is -1.59. The number of hydrogen-bond donors (Lipinski definition) is 0. The maximum atomic E-state index is 13.7. The quantitative estimate of drug-likeness (QED) is 0.655. The predicted molar refractivity (Wildman–Crippen MR) is 107 cm³/mol. The zero-order chi connectivity index (χ0) is 18.5. The van der Waals surface area contributed by atoms with Gasteiger partial charge in [-0.05, 0) is 103 Å². The molecular weight excluding hydrogens is 311 g/mol. The van der Waals surface area contributed by atoms with Crippen molar-refractivity contribution < 1.29 is 4.57 Å². The van der Waals surface area contributed by atoms with E-state index < -0.39 is 7.80 Å². The van der Waals surface area contributed by atoms with Crippen LogP contribution in [0.3, 0.4) is 0 Å². The highest BCUT2D eigenvalue weighted by Crippen LogP contribution is 2.34. The SMILES string of the molecule is Cc1c(C)c(C)c([P+](=O)c2c(C)c(C)c(C)c(C)c2C)c(C)c1C. The first-order valence-corrected chi connectivity index (χ1v) is 9.89. The predicted octanol–water partition coefficient (Wildman–Crippen LogP) is 5.55. The van der Waals surface area contributed by atoms with Crippen LogP contribution < -0.4 is 10.6 Å². The number of hydrogen-bond acceptors (Lipinski definition) is 1. The first-order chi connectivity index (χ1) is 11.0. The van der Waals surface area contributed by atoms with E-state index in [0.717, 1.165) is 10.6 Å². The fourth-order valence-electron chi connectivity index (χ4n) is 3.68. The van der Waals surface area contributed by atoms with Gasteiger partial charge in [-0.25, -0.2) is 0 Å². The Bertz CT molecular complexity index is 743. The van der Waals surface area contributed by atoms with E-state index in [4.69, 9.17) is 0 Å². The zero-order valence-corrected chi connectivity index (χ0v) is 17.7. The Labute approximate surface area is 148 Å². The summed E-state index contributed by atoms with van der Waals surface area (Å²) in [5, 5.41) is 2.08. The minimum Gasteiger partial charge on any atom is -0.0612 e. The molecule has 2 rings (SSSR count). The topological polar surface area (TPSA) is 17.1 Å². The molecule has 0 heterocycles. The third-order valence-electron chi connectivity index (χ3n) is 6.33.